The SMILES string of the molecule is CCCCCN(C(=O)C(Cc1ccc(O)cc1)NC(=O)OC(C)(C)C)C(C(=O)NC(C)C)c1c(C)cccc1C. The number of amides is 3. The molecule has 2 aromatic carbocycles. The summed E-state index contributed by atoms with van der Waals surface area (Å²) in [4.78, 5) is 42.8. The van der Waals surface area contributed by atoms with Crippen LogP contribution in [0.2, 0.25) is 0 Å². The molecule has 2 atom stereocenters. The van der Waals surface area contributed by atoms with E-state index in [2.05, 4.69) is 17.6 Å². The zero-order valence-electron chi connectivity index (χ0n) is 25.3. The van der Waals surface area contributed by atoms with E-state index in [1.54, 1.807) is 49.9 Å². The quantitative estimate of drug-likeness (QED) is 0.291. The summed E-state index contributed by atoms with van der Waals surface area (Å²) in [6.45, 7) is 15.4. The van der Waals surface area contributed by atoms with Gasteiger partial charge in [-0.3, -0.25) is 9.59 Å². The molecule has 0 fully saturated rings. The van der Waals surface area contributed by atoms with Crippen LogP contribution in [0.5, 0.6) is 5.75 Å². The van der Waals surface area contributed by atoms with E-state index in [0.29, 0.717) is 13.0 Å². The highest BCUT2D eigenvalue weighted by atomic mass is 16.6. The number of aromatic hydroxyl groups is 1. The Morgan fingerprint density at radius 3 is 2.08 bits per heavy atom. The Kier molecular flexibility index (Phi) is 12.0. The second-order valence-electron chi connectivity index (χ2n) is 11.7. The second-order valence-corrected chi connectivity index (χ2v) is 11.7. The van der Waals surface area contributed by atoms with Gasteiger partial charge in [0.1, 0.15) is 23.4 Å². The first-order valence-electron chi connectivity index (χ1n) is 14.2. The standard InChI is InChI=1S/C32H47N3O5/c1-9-10-11-19-35(28(29(37)33-21(2)3)27-22(4)13-12-14-23(27)5)30(38)26(34-31(39)40-32(6,7)8)20-24-15-17-25(36)18-16-24/h12-18,21,26,28,36H,9-11,19-20H2,1-8H3,(H,33,37)(H,34,39). The normalized spacial score (nSPS) is 12.9. The summed E-state index contributed by atoms with van der Waals surface area (Å²) in [5.74, 6) is -0.534. The Bertz CT molecular complexity index is 1120. The summed E-state index contributed by atoms with van der Waals surface area (Å²) in [6, 6.07) is 10.3. The van der Waals surface area contributed by atoms with Gasteiger partial charge in [-0.1, -0.05) is 50.1 Å². The topological polar surface area (TPSA) is 108 Å². The fraction of sp³-hybridized carbons (Fsp3) is 0.531. The summed E-state index contributed by atoms with van der Waals surface area (Å²) >= 11 is 0. The van der Waals surface area contributed by atoms with E-state index in [9.17, 15) is 19.5 Å². The van der Waals surface area contributed by atoms with Crippen LogP contribution in [0.1, 0.15) is 89.1 Å². The summed E-state index contributed by atoms with van der Waals surface area (Å²) in [7, 11) is 0. The van der Waals surface area contributed by atoms with Crippen LogP contribution in [-0.4, -0.2) is 52.1 Å². The van der Waals surface area contributed by atoms with E-state index in [1.807, 2.05) is 45.9 Å². The number of rotatable bonds is 12. The Labute approximate surface area is 239 Å². The molecule has 8 nitrogen and oxygen atoms in total. The van der Waals surface area contributed by atoms with Crippen molar-refractivity contribution in [2.45, 2.75) is 105 Å². The summed E-state index contributed by atoms with van der Waals surface area (Å²) in [5, 5.41) is 15.5. The number of nitrogens with one attached hydrogen (secondary N) is 2. The van der Waals surface area contributed by atoms with Crippen molar-refractivity contribution in [2.75, 3.05) is 6.54 Å². The molecule has 3 amide bonds. The van der Waals surface area contributed by atoms with Gasteiger partial charge in [-0.15, -0.1) is 0 Å². The highest BCUT2D eigenvalue weighted by Gasteiger charge is 2.37. The number of benzene rings is 2. The van der Waals surface area contributed by atoms with Gasteiger partial charge < -0.3 is 25.4 Å². The van der Waals surface area contributed by atoms with Gasteiger partial charge in [0.15, 0.2) is 0 Å². The third-order valence-corrected chi connectivity index (χ3v) is 6.46. The number of nitrogens with zero attached hydrogens (tertiary/aromatic N) is 1. The molecule has 0 spiro atoms. The lowest BCUT2D eigenvalue weighted by Gasteiger charge is -2.36. The van der Waals surface area contributed by atoms with Crippen LogP contribution in [-0.2, 0) is 20.7 Å². The number of phenols is 1. The second kappa shape index (κ2) is 14.7. The van der Waals surface area contributed by atoms with Crippen molar-refractivity contribution in [3.63, 3.8) is 0 Å². The lowest BCUT2D eigenvalue weighted by molar-refractivity contribution is -0.142. The molecule has 2 unspecified atom stereocenters. The predicted molar refractivity (Wildman–Crippen MR) is 158 cm³/mol. The van der Waals surface area contributed by atoms with Gasteiger partial charge in [0.05, 0.1) is 0 Å². The molecule has 0 aliphatic carbocycles. The fourth-order valence-electron chi connectivity index (χ4n) is 4.67. The molecule has 0 aliphatic heterocycles. The molecule has 0 radical (unpaired) electrons. The number of hydrogen-bond acceptors (Lipinski definition) is 5. The summed E-state index contributed by atoms with van der Waals surface area (Å²) in [6.07, 6.45) is 1.98. The first-order valence-corrected chi connectivity index (χ1v) is 14.2. The lowest BCUT2D eigenvalue weighted by atomic mass is 9.92. The average Bonchev–Trinajstić information content (AvgIpc) is 2.84. The van der Waals surface area contributed by atoms with Crippen molar-refractivity contribution in [3.8, 4) is 5.75 Å². The lowest BCUT2D eigenvalue weighted by Crippen LogP contribution is -2.54. The number of carbonyl (C=O) groups is 3. The molecule has 0 aromatic heterocycles. The molecule has 2 aromatic rings. The first kappa shape index (κ1) is 32.7. The molecular formula is C32H47N3O5. The van der Waals surface area contributed by atoms with Crippen molar-refractivity contribution < 1.29 is 24.2 Å². The predicted octanol–water partition coefficient (Wildman–Crippen LogP) is 5.73. The number of phenolic OH excluding ortho intramolecular Hbond substituents is 1. The Hall–Kier alpha value is -3.55. The van der Waals surface area contributed by atoms with E-state index in [-0.39, 0.29) is 30.0 Å². The van der Waals surface area contributed by atoms with Gasteiger partial charge in [0.2, 0.25) is 11.8 Å². The number of carbonyl (C=O) groups excluding carboxylic acids is 3. The maximum absolute atomic E-state index is 14.5. The van der Waals surface area contributed by atoms with E-state index in [4.69, 9.17) is 4.74 Å². The van der Waals surface area contributed by atoms with Crippen molar-refractivity contribution in [1.82, 2.24) is 15.5 Å². The molecule has 0 aliphatic rings. The van der Waals surface area contributed by atoms with Crippen LogP contribution < -0.4 is 10.6 Å². The molecule has 0 saturated carbocycles. The Balaban J connectivity index is 2.62. The van der Waals surface area contributed by atoms with Crippen molar-refractivity contribution in [2.24, 2.45) is 0 Å². The highest BCUT2D eigenvalue weighted by molar-refractivity contribution is 5.92. The van der Waals surface area contributed by atoms with Crippen LogP contribution in [0, 0.1) is 13.8 Å². The third-order valence-electron chi connectivity index (χ3n) is 6.46. The Morgan fingerprint density at radius 2 is 1.55 bits per heavy atom. The molecule has 3 N–H and O–H groups in total. The largest absolute Gasteiger partial charge is 0.508 e. The Morgan fingerprint density at radius 1 is 0.950 bits per heavy atom. The van der Waals surface area contributed by atoms with Gasteiger partial charge in [0, 0.05) is 19.0 Å². The maximum Gasteiger partial charge on any atom is 0.408 e. The minimum absolute atomic E-state index is 0.105. The van der Waals surface area contributed by atoms with Crippen LogP contribution in [0.15, 0.2) is 42.5 Å². The minimum Gasteiger partial charge on any atom is -0.508 e. The van der Waals surface area contributed by atoms with E-state index in [0.717, 1.165) is 35.1 Å². The smallest absolute Gasteiger partial charge is 0.408 e. The van der Waals surface area contributed by atoms with Crippen LogP contribution in [0.4, 0.5) is 4.79 Å². The first-order chi connectivity index (χ1) is 18.7. The number of hydrogen-bond donors (Lipinski definition) is 3. The molecule has 0 heterocycles. The number of unbranched alkanes of at least 4 members (excludes halogenated alkanes) is 2. The van der Waals surface area contributed by atoms with Gasteiger partial charge in [-0.25, -0.2) is 4.79 Å². The molecule has 2 rings (SSSR count). The number of ether oxygens (including phenoxy) is 1. The van der Waals surface area contributed by atoms with Crippen LogP contribution >= 0.6 is 0 Å². The van der Waals surface area contributed by atoms with Crippen LogP contribution in [0.3, 0.4) is 0 Å². The molecule has 0 bridgehead atoms. The molecule has 40 heavy (non-hydrogen) atoms. The highest BCUT2D eigenvalue weighted by Crippen LogP contribution is 2.29. The van der Waals surface area contributed by atoms with Crippen molar-refractivity contribution in [1.29, 1.82) is 0 Å². The number of aryl methyl sites for hydroxylation is 2. The van der Waals surface area contributed by atoms with Gasteiger partial charge in [-0.05, 0) is 89.3 Å². The zero-order valence-corrected chi connectivity index (χ0v) is 25.3. The summed E-state index contributed by atoms with van der Waals surface area (Å²) < 4.78 is 5.50. The monoisotopic (exact) mass is 553 g/mol. The van der Waals surface area contributed by atoms with E-state index >= 15 is 0 Å². The van der Waals surface area contributed by atoms with Gasteiger partial charge >= 0.3 is 6.09 Å². The van der Waals surface area contributed by atoms with Gasteiger partial charge in [-0.2, -0.15) is 0 Å². The average molecular weight is 554 g/mol. The van der Waals surface area contributed by atoms with Crippen molar-refractivity contribution in [3.05, 3.63) is 64.7 Å². The maximum atomic E-state index is 14.5. The molecule has 220 valence electrons. The van der Waals surface area contributed by atoms with E-state index in [1.165, 1.54) is 0 Å². The molecular weight excluding hydrogens is 506 g/mol. The van der Waals surface area contributed by atoms with Crippen molar-refractivity contribution >= 4 is 17.9 Å². The van der Waals surface area contributed by atoms with Crippen LogP contribution in [0.25, 0.3) is 0 Å². The third kappa shape index (κ3) is 9.88. The van der Waals surface area contributed by atoms with E-state index < -0.39 is 23.8 Å². The minimum atomic E-state index is -1.00. The molecule has 8 heteroatoms. The fourth-order valence-corrected chi connectivity index (χ4v) is 4.67. The van der Waals surface area contributed by atoms with Gasteiger partial charge in [0.25, 0.3) is 0 Å². The zero-order chi connectivity index (χ0) is 30.0. The molecule has 0 saturated heterocycles. The summed E-state index contributed by atoms with van der Waals surface area (Å²) in [5.41, 5.74) is 2.59. The number of alkyl carbamates (subject to hydrolysis) is 1.